The number of anilines is 1. The van der Waals surface area contributed by atoms with Gasteiger partial charge in [-0.25, -0.2) is 4.79 Å². The number of rotatable bonds is 6. The van der Waals surface area contributed by atoms with E-state index >= 15 is 0 Å². The lowest BCUT2D eigenvalue weighted by molar-refractivity contribution is 0.0513. The van der Waals surface area contributed by atoms with Gasteiger partial charge in [-0.3, -0.25) is 14.2 Å². The van der Waals surface area contributed by atoms with Gasteiger partial charge in [0.15, 0.2) is 5.69 Å². The van der Waals surface area contributed by atoms with Crippen LogP contribution in [0.2, 0.25) is 5.02 Å². The molecule has 2 aromatic heterocycles. The summed E-state index contributed by atoms with van der Waals surface area (Å²) in [5.41, 5.74) is 1.90. The molecular weight excluding hydrogens is 370 g/mol. The van der Waals surface area contributed by atoms with Crippen molar-refractivity contribution < 1.29 is 14.3 Å². The molecule has 27 heavy (non-hydrogen) atoms. The van der Waals surface area contributed by atoms with Crippen LogP contribution in [0.3, 0.4) is 0 Å². The fourth-order valence-electron chi connectivity index (χ4n) is 2.53. The maximum Gasteiger partial charge on any atom is 0.356 e. The average molecular weight is 388 g/mol. The number of amides is 1. The van der Waals surface area contributed by atoms with Gasteiger partial charge in [-0.2, -0.15) is 10.2 Å². The molecule has 1 amide bonds. The lowest BCUT2D eigenvalue weighted by atomic mass is 10.2. The van der Waals surface area contributed by atoms with Crippen LogP contribution in [0.15, 0.2) is 42.7 Å². The number of nitrogens with zero attached hydrogens (tertiary/aromatic N) is 4. The highest BCUT2D eigenvalue weighted by atomic mass is 35.5. The molecule has 0 atom stereocenters. The van der Waals surface area contributed by atoms with Gasteiger partial charge in [-0.15, -0.1) is 0 Å². The summed E-state index contributed by atoms with van der Waals surface area (Å²) in [6.45, 7) is 2.49. The first kappa shape index (κ1) is 18.7. The van der Waals surface area contributed by atoms with Gasteiger partial charge in [0.1, 0.15) is 5.69 Å². The van der Waals surface area contributed by atoms with Crippen LogP contribution in [0.4, 0.5) is 5.69 Å². The molecule has 0 unspecified atom stereocenters. The minimum Gasteiger partial charge on any atom is -0.461 e. The van der Waals surface area contributed by atoms with E-state index in [-0.39, 0.29) is 18.0 Å². The van der Waals surface area contributed by atoms with Crippen LogP contribution < -0.4 is 5.32 Å². The number of ether oxygens (including phenoxy) is 1. The Balaban J connectivity index is 1.72. The highest BCUT2D eigenvalue weighted by Gasteiger charge is 2.18. The summed E-state index contributed by atoms with van der Waals surface area (Å²) in [5, 5.41) is 11.6. The molecular formula is C18H18ClN5O3. The molecule has 0 saturated heterocycles. The Hall–Kier alpha value is -3.13. The van der Waals surface area contributed by atoms with Crippen molar-refractivity contribution in [1.29, 1.82) is 0 Å². The minimum absolute atomic E-state index is 0.129. The standard InChI is InChI=1S/C18H18ClN5O3/c1-3-27-18(26)16-8-15(22-23(16)2)17(25)21-14-6-4-5-12(7-14)10-24-11-13(19)9-20-24/h4-9,11H,3,10H2,1-2H3,(H,21,25). The molecule has 1 N–H and O–H groups in total. The Morgan fingerprint density at radius 1 is 1.30 bits per heavy atom. The Morgan fingerprint density at radius 3 is 2.81 bits per heavy atom. The summed E-state index contributed by atoms with van der Waals surface area (Å²) in [6.07, 6.45) is 3.28. The lowest BCUT2D eigenvalue weighted by Gasteiger charge is -2.06. The molecule has 3 rings (SSSR count). The number of hydrogen-bond donors (Lipinski definition) is 1. The van der Waals surface area contributed by atoms with Crippen molar-refractivity contribution in [1.82, 2.24) is 19.6 Å². The number of carbonyl (C=O) groups excluding carboxylic acids is 2. The third kappa shape index (κ3) is 4.53. The van der Waals surface area contributed by atoms with Gasteiger partial charge in [0.05, 0.1) is 24.4 Å². The molecule has 0 spiro atoms. The molecule has 0 saturated carbocycles. The van der Waals surface area contributed by atoms with Gasteiger partial charge < -0.3 is 10.1 Å². The first-order valence-corrected chi connectivity index (χ1v) is 8.63. The summed E-state index contributed by atoms with van der Waals surface area (Å²) in [4.78, 5) is 24.3. The maximum absolute atomic E-state index is 12.5. The van der Waals surface area contributed by atoms with E-state index in [1.807, 2.05) is 18.2 Å². The quantitative estimate of drug-likeness (QED) is 0.657. The smallest absolute Gasteiger partial charge is 0.356 e. The third-order valence-electron chi connectivity index (χ3n) is 3.73. The second kappa shape index (κ2) is 8.05. The Kier molecular flexibility index (Phi) is 5.56. The number of benzene rings is 1. The first-order chi connectivity index (χ1) is 13.0. The largest absolute Gasteiger partial charge is 0.461 e. The molecule has 0 bridgehead atoms. The van der Waals surface area contributed by atoms with Gasteiger partial charge in [-0.1, -0.05) is 23.7 Å². The number of esters is 1. The second-order valence-corrected chi connectivity index (χ2v) is 6.21. The summed E-state index contributed by atoms with van der Waals surface area (Å²) in [5.74, 6) is -0.938. The van der Waals surface area contributed by atoms with Gasteiger partial charge in [0.2, 0.25) is 0 Å². The fraction of sp³-hybridized carbons (Fsp3) is 0.222. The number of aryl methyl sites for hydroxylation is 1. The topological polar surface area (TPSA) is 91.0 Å². The van der Waals surface area contributed by atoms with Crippen molar-refractivity contribution in [3.05, 3.63) is 64.7 Å². The van der Waals surface area contributed by atoms with Crippen LogP contribution in [0.25, 0.3) is 0 Å². The molecule has 0 aliphatic heterocycles. The predicted octanol–water partition coefficient (Wildman–Crippen LogP) is 2.75. The lowest BCUT2D eigenvalue weighted by Crippen LogP contribution is -2.13. The highest BCUT2D eigenvalue weighted by Crippen LogP contribution is 2.15. The number of nitrogens with one attached hydrogen (secondary N) is 1. The fourth-order valence-corrected chi connectivity index (χ4v) is 2.69. The molecule has 0 aliphatic carbocycles. The van der Waals surface area contributed by atoms with E-state index < -0.39 is 11.9 Å². The monoisotopic (exact) mass is 387 g/mol. The summed E-state index contributed by atoms with van der Waals surface area (Å²) < 4.78 is 7.97. The van der Waals surface area contributed by atoms with Crippen LogP contribution in [0, 0.1) is 0 Å². The Bertz CT molecular complexity index is 979. The molecule has 1 aromatic carbocycles. The third-order valence-corrected chi connectivity index (χ3v) is 3.92. The number of aromatic nitrogens is 4. The summed E-state index contributed by atoms with van der Waals surface area (Å²) in [6, 6.07) is 8.77. The van der Waals surface area contributed by atoms with E-state index in [4.69, 9.17) is 16.3 Å². The van der Waals surface area contributed by atoms with Crippen LogP contribution in [0.5, 0.6) is 0 Å². The van der Waals surface area contributed by atoms with Crippen LogP contribution >= 0.6 is 11.6 Å². The van der Waals surface area contributed by atoms with E-state index in [0.29, 0.717) is 17.3 Å². The van der Waals surface area contributed by atoms with Crippen LogP contribution in [-0.4, -0.2) is 38.0 Å². The maximum atomic E-state index is 12.5. The van der Waals surface area contributed by atoms with Crippen LogP contribution in [-0.2, 0) is 18.3 Å². The molecule has 2 heterocycles. The van der Waals surface area contributed by atoms with Crippen molar-refractivity contribution in [2.24, 2.45) is 7.05 Å². The second-order valence-electron chi connectivity index (χ2n) is 5.77. The molecule has 0 fully saturated rings. The number of hydrogen-bond acceptors (Lipinski definition) is 5. The average Bonchev–Trinajstić information content (AvgIpc) is 3.21. The van der Waals surface area contributed by atoms with Gasteiger partial charge >= 0.3 is 5.97 Å². The highest BCUT2D eigenvalue weighted by molar-refractivity contribution is 6.30. The van der Waals surface area contributed by atoms with Crippen molar-refractivity contribution in [3.63, 3.8) is 0 Å². The molecule has 8 nitrogen and oxygen atoms in total. The SMILES string of the molecule is CCOC(=O)c1cc(C(=O)Nc2cccc(Cn3cc(Cl)cn3)c2)nn1C. The predicted molar refractivity (Wildman–Crippen MR) is 99.9 cm³/mol. The summed E-state index contributed by atoms with van der Waals surface area (Å²) >= 11 is 5.87. The van der Waals surface area contributed by atoms with E-state index in [1.54, 1.807) is 37.1 Å². The molecule has 0 radical (unpaired) electrons. The number of carbonyl (C=O) groups is 2. The van der Waals surface area contributed by atoms with Crippen molar-refractivity contribution in [2.75, 3.05) is 11.9 Å². The summed E-state index contributed by atoms with van der Waals surface area (Å²) in [7, 11) is 1.58. The number of halogens is 1. The Labute approximate surface area is 160 Å². The molecule has 3 aromatic rings. The van der Waals surface area contributed by atoms with Crippen molar-refractivity contribution in [2.45, 2.75) is 13.5 Å². The molecule has 9 heteroatoms. The zero-order valence-electron chi connectivity index (χ0n) is 14.8. The van der Waals surface area contributed by atoms with Crippen LogP contribution in [0.1, 0.15) is 33.5 Å². The van der Waals surface area contributed by atoms with E-state index in [0.717, 1.165) is 5.56 Å². The van der Waals surface area contributed by atoms with Gasteiger partial charge in [0.25, 0.3) is 5.91 Å². The van der Waals surface area contributed by atoms with E-state index in [1.165, 1.54) is 10.7 Å². The van der Waals surface area contributed by atoms with E-state index in [9.17, 15) is 9.59 Å². The zero-order valence-corrected chi connectivity index (χ0v) is 15.6. The molecule has 0 aliphatic rings. The van der Waals surface area contributed by atoms with Crippen molar-refractivity contribution in [3.8, 4) is 0 Å². The first-order valence-electron chi connectivity index (χ1n) is 8.25. The zero-order chi connectivity index (χ0) is 19.4. The van der Waals surface area contributed by atoms with E-state index in [2.05, 4.69) is 15.5 Å². The van der Waals surface area contributed by atoms with Gasteiger partial charge in [0, 0.05) is 25.0 Å². The minimum atomic E-state index is -0.522. The molecule has 140 valence electrons. The Morgan fingerprint density at radius 2 is 2.11 bits per heavy atom. The van der Waals surface area contributed by atoms with Crippen molar-refractivity contribution >= 4 is 29.2 Å². The normalized spacial score (nSPS) is 10.6. The van der Waals surface area contributed by atoms with Gasteiger partial charge in [-0.05, 0) is 24.6 Å².